The molecule has 3 rings (SSSR count). The van der Waals surface area contributed by atoms with Gasteiger partial charge in [0.2, 0.25) is 0 Å². The van der Waals surface area contributed by atoms with Crippen molar-refractivity contribution in [1.29, 1.82) is 0 Å². The van der Waals surface area contributed by atoms with Gasteiger partial charge in [-0.25, -0.2) is 0 Å². The Hall–Kier alpha value is -2.59. The fourth-order valence-electron chi connectivity index (χ4n) is 1.91. The highest BCUT2D eigenvalue weighted by atomic mass is 14.6. The van der Waals surface area contributed by atoms with Crippen molar-refractivity contribution in [3.05, 3.63) is 78.1 Å². The first-order valence-corrected chi connectivity index (χ1v) is 5.83. The van der Waals surface area contributed by atoms with Crippen LogP contribution in [0.2, 0.25) is 0 Å². The van der Waals surface area contributed by atoms with Crippen LogP contribution in [0.3, 0.4) is 0 Å². The number of fused-ring (bicyclic) bond motifs is 1. The Morgan fingerprint density at radius 1 is 0.778 bits per heavy atom. The van der Waals surface area contributed by atoms with Gasteiger partial charge in [-0.15, -0.1) is 0 Å². The summed E-state index contributed by atoms with van der Waals surface area (Å²) in [5, 5.41) is 2.41. The standard InChI is InChI=1S/C17H11N/c1-2-9-17-15(6-1)7-3-8-16(17)11-10-14-5-4-12-18-13-14/h1-9,12-13H. The first-order valence-electron chi connectivity index (χ1n) is 5.83. The highest BCUT2D eigenvalue weighted by molar-refractivity contribution is 5.88. The third-order valence-electron chi connectivity index (χ3n) is 2.79. The van der Waals surface area contributed by atoms with Crippen molar-refractivity contribution < 1.29 is 0 Å². The Kier molecular flexibility index (Phi) is 2.77. The highest BCUT2D eigenvalue weighted by Crippen LogP contribution is 2.17. The third-order valence-corrected chi connectivity index (χ3v) is 2.79. The van der Waals surface area contributed by atoms with E-state index in [1.807, 2.05) is 36.4 Å². The van der Waals surface area contributed by atoms with Crippen LogP contribution in [0.4, 0.5) is 0 Å². The second-order valence-electron chi connectivity index (χ2n) is 4.02. The fourth-order valence-corrected chi connectivity index (χ4v) is 1.91. The molecule has 0 unspecified atom stereocenters. The number of pyridine rings is 1. The zero-order chi connectivity index (χ0) is 12.2. The maximum atomic E-state index is 4.06. The van der Waals surface area contributed by atoms with E-state index in [-0.39, 0.29) is 0 Å². The maximum absolute atomic E-state index is 4.06. The summed E-state index contributed by atoms with van der Waals surface area (Å²) < 4.78 is 0. The molecule has 3 aromatic rings. The van der Waals surface area contributed by atoms with Gasteiger partial charge in [0, 0.05) is 23.5 Å². The van der Waals surface area contributed by atoms with Gasteiger partial charge in [0.05, 0.1) is 0 Å². The van der Waals surface area contributed by atoms with Gasteiger partial charge in [-0.05, 0) is 29.0 Å². The zero-order valence-electron chi connectivity index (χ0n) is 9.80. The van der Waals surface area contributed by atoms with E-state index in [1.54, 1.807) is 12.4 Å². The summed E-state index contributed by atoms with van der Waals surface area (Å²) in [6.07, 6.45) is 3.53. The van der Waals surface area contributed by atoms with E-state index in [2.05, 4.69) is 35.0 Å². The SMILES string of the molecule is C(#Cc1cccc2ccccc12)c1cccnc1. The molecule has 0 aliphatic carbocycles. The smallest absolute Gasteiger partial charge is 0.0432 e. The quantitative estimate of drug-likeness (QED) is 0.536. The molecule has 0 N–H and O–H groups in total. The molecule has 2 aromatic carbocycles. The number of hydrogen-bond donors (Lipinski definition) is 0. The monoisotopic (exact) mass is 229 g/mol. The molecule has 0 saturated carbocycles. The van der Waals surface area contributed by atoms with Crippen LogP contribution < -0.4 is 0 Å². The minimum absolute atomic E-state index is 0.936. The number of nitrogens with zero attached hydrogens (tertiary/aromatic N) is 1. The van der Waals surface area contributed by atoms with Gasteiger partial charge in [0.15, 0.2) is 0 Å². The molecule has 0 spiro atoms. The average molecular weight is 229 g/mol. The van der Waals surface area contributed by atoms with Gasteiger partial charge in [-0.2, -0.15) is 0 Å². The lowest BCUT2D eigenvalue weighted by Crippen LogP contribution is -1.80. The minimum Gasteiger partial charge on any atom is -0.263 e. The molecule has 1 heteroatoms. The summed E-state index contributed by atoms with van der Waals surface area (Å²) in [6.45, 7) is 0. The zero-order valence-corrected chi connectivity index (χ0v) is 9.80. The Morgan fingerprint density at radius 2 is 1.67 bits per heavy atom. The molecule has 84 valence electrons. The molecule has 1 aromatic heterocycles. The van der Waals surface area contributed by atoms with Crippen LogP contribution in [0.15, 0.2) is 67.0 Å². The van der Waals surface area contributed by atoms with Gasteiger partial charge in [0.25, 0.3) is 0 Å². The molecular formula is C17H11N. The van der Waals surface area contributed by atoms with Crippen molar-refractivity contribution in [1.82, 2.24) is 4.98 Å². The van der Waals surface area contributed by atoms with Crippen LogP contribution in [0, 0.1) is 11.8 Å². The summed E-state index contributed by atoms with van der Waals surface area (Å²) >= 11 is 0. The summed E-state index contributed by atoms with van der Waals surface area (Å²) in [4.78, 5) is 4.06. The molecule has 18 heavy (non-hydrogen) atoms. The van der Waals surface area contributed by atoms with Crippen LogP contribution >= 0.6 is 0 Å². The van der Waals surface area contributed by atoms with Gasteiger partial charge >= 0.3 is 0 Å². The van der Waals surface area contributed by atoms with E-state index in [9.17, 15) is 0 Å². The lowest BCUT2D eigenvalue weighted by atomic mass is 10.0. The molecule has 0 bridgehead atoms. The largest absolute Gasteiger partial charge is 0.263 e. The van der Waals surface area contributed by atoms with Crippen molar-refractivity contribution in [2.24, 2.45) is 0 Å². The number of benzene rings is 2. The first kappa shape index (κ1) is 10.6. The van der Waals surface area contributed by atoms with Crippen molar-refractivity contribution in [2.75, 3.05) is 0 Å². The second-order valence-corrected chi connectivity index (χ2v) is 4.02. The summed E-state index contributed by atoms with van der Waals surface area (Å²) in [6, 6.07) is 18.3. The molecule has 0 fully saturated rings. The molecule has 1 heterocycles. The molecule has 0 amide bonds. The Labute approximate surface area is 106 Å². The van der Waals surface area contributed by atoms with E-state index in [1.165, 1.54) is 10.8 Å². The van der Waals surface area contributed by atoms with Crippen LogP contribution in [-0.2, 0) is 0 Å². The lowest BCUT2D eigenvalue weighted by molar-refractivity contribution is 1.31. The molecule has 0 atom stereocenters. The summed E-state index contributed by atoms with van der Waals surface area (Å²) in [5.41, 5.74) is 1.99. The number of aromatic nitrogens is 1. The Morgan fingerprint density at radius 3 is 2.56 bits per heavy atom. The summed E-state index contributed by atoms with van der Waals surface area (Å²) in [5.74, 6) is 6.35. The molecular weight excluding hydrogens is 218 g/mol. The molecule has 0 radical (unpaired) electrons. The highest BCUT2D eigenvalue weighted by Gasteiger charge is 1.96. The van der Waals surface area contributed by atoms with Crippen molar-refractivity contribution >= 4 is 10.8 Å². The van der Waals surface area contributed by atoms with Gasteiger partial charge < -0.3 is 0 Å². The van der Waals surface area contributed by atoms with E-state index in [0.29, 0.717) is 0 Å². The van der Waals surface area contributed by atoms with E-state index >= 15 is 0 Å². The van der Waals surface area contributed by atoms with Gasteiger partial charge in [-0.3, -0.25) is 4.98 Å². The van der Waals surface area contributed by atoms with Crippen LogP contribution in [0.25, 0.3) is 10.8 Å². The second kappa shape index (κ2) is 4.73. The lowest BCUT2D eigenvalue weighted by Gasteiger charge is -1.99. The van der Waals surface area contributed by atoms with E-state index < -0.39 is 0 Å². The van der Waals surface area contributed by atoms with Crippen LogP contribution in [0.5, 0.6) is 0 Å². The topological polar surface area (TPSA) is 12.9 Å². The molecule has 0 aliphatic rings. The van der Waals surface area contributed by atoms with Crippen LogP contribution in [0.1, 0.15) is 11.1 Å². The Bertz CT molecular complexity index is 728. The van der Waals surface area contributed by atoms with Crippen molar-refractivity contribution in [3.8, 4) is 11.8 Å². The molecule has 1 nitrogen and oxygen atoms in total. The van der Waals surface area contributed by atoms with Crippen molar-refractivity contribution in [2.45, 2.75) is 0 Å². The predicted octanol–water partition coefficient (Wildman–Crippen LogP) is 3.63. The van der Waals surface area contributed by atoms with Gasteiger partial charge in [-0.1, -0.05) is 48.2 Å². The number of rotatable bonds is 0. The van der Waals surface area contributed by atoms with E-state index in [4.69, 9.17) is 0 Å². The van der Waals surface area contributed by atoms with E-state index in [0.717, 1.165) is 11.1 Å². The summed E-state index contributed by atoms with van der Waals surface area (Å²) in [7, 11) is 0. The predicted molar refractivity (Wildman–Crippen MR) is 74.2 cm³/mol. The first-order chi connectivity index (χ1) is 8.93. The molecule has 0 saturated heterocycles. The normalized spacial score (nSPS) is 9.78. The Balaban J connectivity index is 2.09. The molecule has 0 aliphatic heterocycles. The van der Waals surface area contributed by atoms with Gasteiger partial charge in [0.1, 0.15) is 0 Å². The maximum Gasteiger partial charge on any atom is 0.0432 e. The van der Waals surface area contributed by atoms with Crippen molar-refractivity contribution in [3.63, 3.8) is 0 Å². The average Bonchev–Trinajstić information content (AvgIpc) is 2.46. The van der Waals surface area contributed by atoms with Crippen LogP contribution in [-0.4, -0.2) is 4.98 Å². The minimum atomic E-state index is 0.936. The third kappa shape index (κ3) is 2.09. The number of hydrogen-bond acceptors (Lipinski definition) is 1. The fraction of sp³-hybridized carbons (Fsp3) is 0.